The maximum Gasteiger partial charge on any atom is 0.303 e. The van der Waals surface area contributed by atoms with Crippen molar-refractivity contribution >= 4 is 56.1 Å². The van der Waals surface area contributed by atoms with Crippen molar-refractivity contribution in [2.75, 3.05) is 11.9 Å². The summed E-state index contributed by atoms with van der Waals surface area (Å²) in [5.74, 6) is -0.581. The van der Waals surface area contributed by atoms with Crippen molar-refractivity contribution in [1.29, 1.82) is 0 Å². The summed E-state index contributed by atoms with van der Waals surface area (Å²) in [5.41, 5.74) is 2.95. The van der Waals surface area contributed by atoms with Gasteiger partial charge in [-0.2, -0.15) is 0 Å². The lowest BCUT2D eigenvalue weighted by atomic mass is 9.92. The van der Waals surface area contributed by atoms with Crippen molar-refractivity contribution in [2.24, 2.45) is 0 Å². The Morgan fingerprint density at radius 1 is 1.24 bits per heavy atom. The van der Waals surface area contributed by atoms with Crippen LogP contribution in [0.1, 0.15) is 59.5 Å². The van der Waals surface area contributed by atoms with Gasteiger partial charge in [-0.1, -0.05) is 45.7 Å². The van der Waals surface area contributed by atoms with Crippen molar-refractivity contribution in [3.63, 3.8) is 0 Å². The lowest BCUT2D eigenvalue weighted by Crippen LogP contribution is -2.31. The molecule has 1 aliphatic rings. The molecule has 1 fully saturated rings. The largest absolute Gasteiger partial charge is 0.481 e. The lowest BCUT2D eigenvalue weighted by molar-refractivity contribution is -0.137. The van der Waals surface area contributed by atoms with E-state index >= 15 is 0 Å². The van der Waals surface area contributed by atoms with E-state index < -0.39 is 5.97 Å². The number of anilines is 1. The number of pyridine rings is 1. The molecule has 1 heterocycles. The van der Waals surface area contributed by atoms with Gasteiger partial charge in [0.1, 0.15) is 5.82 Å². The second-order valence-corrected chi connectivity index (χ2v) is 10.1. The number of nitrogens with one attached hydrogen (secondary N) is 2. The van der Waals surface area contributed by atoms with Crippen LogP contribution in [0.4, 0.5) is 5.82 Å². The molecule has 4 rings (SSSR count). The van der Waals surface area contributed by atoms with Gasteiger partial charge in [0, 0.05) is 45.4 Å². The van der Waals surface area contributed by atoms with Gasteiger partial charge in [0.05, 0.1) is 11.1 Å². The Kier molecular flexibility index (Phi) is 7.73. The number of aliphatic carboxylic acids is 1. The summed E-state index contributed by atoms with van der Waals surface area (Å²) in [4.78, 5) is 29.5. The zero-order chi connectivity index (χ0) is 24.2. The fourth-order valence-corrected chi connectivity index (χ4v) is 4.94. The van der Waals surface area contributed by atoms with Gasteiger partial charge in [-0.15, -0.1) is 0 Å². The predicted octanol–water partition coefficient (Wildman–Crippen LogP) is 6.30. The number of carboxylic acid groups (broad SMARTS) is 1. The van der Waals surface area contributed by atoms with Gasteiger partial charge in [-0.25, -0.2) is 4.98 Å². The fraction of sp³-hybridized carbons (Fsp3) is 0.346. The molecule has 178 valence electrons. The molecule has 1 aliphatic carbocycles. The molecule has 3 aromatic rings. The van der Waals surface area contributed by atoms with E-state index in [0.717, 1.165) is 45.2 Å². The molecule has 6 nitrogen and oxygen atoms in total. The van der Waals surface area contributed by atoms with E-state index in [1.165, 1.54) is 6.42 Å². The second-order valence-electron chi connectivity index (χ2n) is 8.75. The standard InChI is InChI=1S/C26H27BrClN3O3/c1-15-24(20-13-17(27)10-11-22(20)31-25(15)30-18-5-4-6-18)26(34)29-14-16(9-12-23(32)33)19-7-2-3-8-21(19)28/h2-3,7-8,10-11,13,16,18H,4-6,9,12,14H2,1H3,(H,29,34)(H,30,31)(H,32,33). The van der Waals surface area contributed by atoms with Crippen LogP contribution in [0.3, 0.4) is 0 Å². The number of aromatic nitrogens is 1. The van der Waals surface area contributed by atoms with Crippen LogP contribution >= 0.6 is 27.5 Å². The zero-order valence-corrected chi connectivity index (χ0v) is 21.2. The highest BCUT2D eigenvalue weighted by Crippen LogP contribution is 2.32. The number of carboxylic acids is 1. The second kappa shape index (κ2) is 10.7. The quantitative estimate of drug-likeness (QED) is 0.294. The molecule has 3 N–H and O–H groups in total. The molecule has 1 saturated carbocycles. The Hall–Kier alpha value is -2.64. The Morgan fingerprint density at radius 3 is 2.68 bits per heavy atom. The molecule has 1 unspecified atom stereocenters. The van der Waals surface area contributed by atoms with E-state index in [0.29, 0.717) is 23.0 Å². The number of carbonyl (C=O) groups excluding carboxylic acids is 1. The molecule has 0 saturated heterocycles. The van der Waals surface area contributed by atoms with Crippen LogP contribution in [-0.4, -0.2) is 34.6 Å². The predicted molar refractivity (Wildman–Crippen MR) is 139 cm³/mol. The highest BCUT2D eigenvalue weighted by Gasteiger charge is 2.24. The first kappa shape index (κ1) is 24.5. The third-order valence-corrected chi connectivity index (χ3v) is 7.26. The van der Waals surface area contributed by atoms with E-state index in [1.54, 1.807) is 6.07 Å². The molecule has 34 heavy (non-hydrogen) atoms. The van der Waals surface area contributed by atoms with Crippen molar-refractivity contribution in [3.8, 4) is 0 Å². The van der Waals surface area contributed by atoms with Gasteiger partial charge in [-0.05, 0) is 62.4 Å². The monoisotopic (exact) mass is 543 g/mol. The van der Waals surface area contributed by atoms with Crippen LogP contribution in [0.25, 0.3) is 10.9 Å². The highest BCUT2D eigenvalue weighted by molar-refractivity contribution is 9.10. The van der Waals surface area contributed by atoms with Gasteiger partial charge in [0.15, 0.2) is 0 Å². The summed E-state index contributed by atoms with van der Waals surface area (Å²) in [5, 5.41) is 17.1. The molecule has 0 bridgehead atoms. The Bertz CT molecular complexity index is 1230. The van der Waals surface area contributed by atoms with Gasteiger partial charge in [0.25, 0.3) is 5.91 Å². The number of amides is 1. The molecular formula is C26H27BrClN3O3. The minimum atomic E-state index is -0.879. The summed E-state index contributed by atoms with van der Waals surface area (Å²) in [7, 11) is 0. The number of rotatable bonds is 9. The third-order valence-electron chi connectivity index (χ3n) is 6.42. The first-order valence-corrected chi connectivity index (χ1v) is 12.6. The average molecular weight is 545 g/mol. The summed E-state index contributed by atoms with van der Waals surface area (Å²) in [6.45, 7) is 2.19. The SMILES string of the molecule is Cc1c(NC2CCC2)nc2ccc(Br)cc2c1C(=O)NCC(CCC(=O)O)c1ccccc1Cl. The van der Waals surface area contributed by atoms with Crippen LogP contribution in [0, 0.1) is 6.92 Å². The molecular weight excluding hydrogens is 518 g/mol. The molecule has 8 heteroatoms. The lowest BCUT2D eigenvalue weighted by Gasteiger charge is -2.28. The smallest absolute Gasteiger partial charge is 0.303 e. The van der Waals surface area contributed by atoms with E-state index in [-0.39, 0.29) is 24.8 Å². The average Bonchev–Trinajstić information content (AvgIpc) is 2.77. The molecule has 0 aliphatic heterocycles. The molecule has 1 amide bonds. The topological polar surface area (TPSA) is 91.3 Å². The summed E-state index contributed by atoms with van der Waals surface area (Å²) in [6.07, 6.45) is 3.76. The number of hydrogen-bond acceptors (Lipinski definition) is 4. The zero-order valence-electron chi connectivity index (χ0n) is 18.9. The number of halogens is 2. The van der Waals surface area contributed by atoms with Gasteiger partial charge in [0.2, 0.25) is 0 Å². The van der Waals surface area contributed by atoms with E-state index in [4.69, 9.17) is 16.6 Å². The Labute approximate surface area is 212 Å². The number of fused-ring (bicyclic) bond motifs is 1. The first-order chi connectivity index (χ1) is 16.3. The first-order valence-electron chi connectivity index (χ1n) is 11.4. The van der Waals surface area contributed by atoms with Crippen LogP contribution in [0.2, 0.25) is 5.02 Å². The van der Waals surface area contributed by atoms with Gasteiger partial charge in [-0.3, -0.25) is 9.59 Å². The van der Waals surface area contributed by atoms with Crippen LogP contribution in [0.5, 0.6) is 0 Å². The summed E-state index contributed by atoms with van der Waals surface area (Å²) in [6, 6.07) is 13.5. The minimum absolute atomic E-state index is 0.00855. The normalized spacial score (nSPS) is 14.4. The van der Waals surface area contributed by atoms with E-state index in [9.17, 15) is 14.7 Å². The third kappa shape index (κ3) is 5.53. The van der Waals surface area contributed by atoms with Crippen LogP contribution < -0.4 is 10.6 Å². The molecule has 0 radical (unpaired) electrons. The van der Waals surface area contributed by atoms with Crippen molar-refractivity contribution in [1.82, 2.24) is 10.3 Å². The Balaban J connectivity index is 1.64. The summed E-state index contributed by atoms with van der Waals surface area (Å²) < 4.78 is 0.866. The van der Waals surface area contributed by atoms with Gasteiger partial charge >= 0.3 is 5.97 Å². The Morgan fingerprint density at radius 2 is 2.00 bits per heavy atom. The number of nitrogens with zero attached hydrogens (tertiary/aromatic N) is 1. The molecule has 2 aromatic carbocycles. The minimum Gasteiger partial charge on any atom is -0.481 e. The van der Waals surface area contributed by atoms with Gasteiger partial charge < -0.3 is 15.7 Å². The maximum absolute atomic E-state index is 13.5. The van der Waals surface area contributed by atoms with E-state index in [1.807, 2.05) is 43.3 Å². The molecule has 1 atom stereocenters. The summed E-state index contributed by atoms with van der Waals surface area (Å²) >= 11 is 9.90. The number of hydrogen-bond donors (Lipinski definition) is 3. The highest BCUT2D eigenvalue weighted by atomic mass is 79.9. The van der Waals surface area contributed by atoms with Crippen LogP contribution in [-0.2, 0) is 4.79 Å². The van der Waals surface area contributed by atoms with Crippen molar-refractivity contribution in [2.45, 2.75) is 51.0 Å². The molecule has 0 spiro atoms. The van der Waals surface area contributed by atoms with Crippen molar-refractivity contribution < 1.29 is 14.7 Å². The fourth-order valence-electron chi connectivity index (χ4n) is 4.29. The maximum atomic E-state index is 13.5. The van der Waals surface area contributed by atoms with Crippen LogP contribution in [0.15, 0.2) is 46.9 Å². The number of carbonyl (C=O) groups is 2. The molecule has 1 aromatic heterocycles. The van der Waals surface area contributed by atoms with E-state index in [2.05, 4.69) is 26.6 Å². The number of benzene rings is 2. The van der Waals surface area contributed by atoms with Crippen molar-refractivity contribution in [3.05, 3.63) is 68.7 Å².